The van der Waals surface area contributed by atoms with Crippen molar-refractivity contribution in [2.45, 2.75) is 45.8 Å². The van der Waals surface area contributed by atoms with Crippen LogP contribution in [0.15, 0.2) is 48.7 Å². The van der Waals surface area contributed by atoms with E-state index in [1.54, 1.807) is 29.9 Å². The summed E-state index contributed by atoms with van der Waals surface area (Å²) >= 11 is 6.27. The maximum absolute atomic E-state index is 13.0. The van der Waals surface area contributed by atoms with Crippen LogP contribution in [0.2, 0.25) is 5.02 Å². The number of rotatable bonds is 12. The maximum atomic E-state index is 13.0. The summed E-state index contributed by atoms with van der Waals surface area (Å²) in [4.78, 5) is 47.1. The van der Waals surface area contributed by atoms with Gasteiger partial charge >= 0.3 is 7.82 Å². The van der Waals surface area contributed by atoms with Crippen LogP contribution in [-0.2, 0) is 22.6 Å². The molecule has 0 aliphatic heterocycles. The van der Waals surface area contributed by atoms with Crippen molar-refractivity contribution >= 4 is 31.1 Å². The quantitative estimate of drug-likeness (QED) is 0.215. The molecule has 0 aliphatic carbocycles. The Labute approximate surface area is 226 Å². The van der Waals surface area contributed by atoms with Crippen LogP contribution in [0.5, 0.6) is 5.75 Å². The van der Waals surface area contributed by atoms with E-state index in [-0.39, 0.29) is 24.9 Å². The van der Waals surface area contributed by atoms with Gasteiger partial charge in [0.15, 0.2) is 11.6 Å². The van der Waals surface area contributed by atoms with Gasteiger partial charge in [-0.15, -0.1) is 0 Å². The molecule has 204 valence electrons. The van der Waals surface area contributed by atoms with Gasteiger partial charge in [-0.3, -0.25) is 14.1 Å². The molecular formula is C26H31ClN3O7P. The van der Waals surface area contributed by atoms with Crippen LogP contribution in [0.1, 0.15) is 53.7 Å². The molecule has 3 rings (SSSR count). The topological polar surface area (TPSA) is 140 Å². The highest BCUT2D eigenvalue weighted by Crippen LogP contribution is 2.36. The van der Waals surface area contributed by atoms with Gasteiger partial charge in [-0.05, 0) is 50.5 Å². The molecule has 0 saturated heterocycles. The molecule has 38 heavy (non-hydrogen) atoms. The predicted molar refractivity (Wildman–Crippen MR) is 143 cm³/mol. The monoisotopic (exact) mass is 563 g/mol. The minimum absolute atomic E-state index is 0.0779. The second-order valence-corrected chi connectivity index (χ2v) is 10.8. The first-order valence-electron chi connectivity index (χ1n) is 11.9. The summed E-state index contributed by atoms with van der Waals surface area (Å²) in [5, 5.41) is 3.20. The lowest BCUT2D eigenvalue weighted by atomic mass is 10.0. The second kappa shape index (κ2) is 12.7. The second-order valence-electron chi connectivity index (χ2n) is 9.11. The molecule has 0 aliphatic rings. The summed E-state index contributed by atoms with van der Waals surface area (Å²) in [5.74, 6) is 0.301. The van der Waals surface area contributed by atoms with Crippen LogP contribution in [-0.4, -0.2) is 49.8 Å². The number of imidazole rings is 1. The zero-order chi connectivity index (χ0) is 28.0. The highest BCUT2D eigenvalue weighted by atomic mass is 35.5. The summed E-state index contributed by atoms with van der Waals surface area (Å²) in [6.07, 6.45) is 2.23. The number of Topliss-reactive ketones (excluding diaryl/α,β-unsaturated/α-hetero) is 1. The van der Waals surface area contributed by atoms with Crippen LogP contribution < -0.4 is 10.1 Å². The van der Waals surface area contributed by atoms with E-state index < -0.39 is 19.8 Å². The first-order valence-corrected chi connectivity index (χ1v) is 13.8. The third-order valence-corrected chi connectivity index (χ3v) is 6.36. The van der Waals surface area contributed by atoms with E-state index >= 15 is 0 Å². The van der Waals surface area contributed by atoms with Crippen LogP contribution in [0.4, 0.5) is 0 Å². The Bertz CT molecular complexity index is 1340. The molecule has 1 aromatic heterocycles. The van der Waals surface area contributed by atoms with Crippen molar-refractivity contribution in [1.82, 2.24) is 14.9 Å². The first-order chi connectivity index (χ1) is 17.8. The van der Waals surface area contributed by atoms with E-state index in [0.717, 1.165) is 11.1 Å². The Morgan fingerprint density at radius 3 is 2.39 bits per heavy atom. The molecule has 1 atom stereocenters. The van der Waals surface area contributed by atoms with Crippen LogP contribution >= 0.6 is 19.4 Å². The molecule has 0 saturated carbocycles. The van der Waals surface area contributed by atoms with Crippen molar-refractivity contribution < 1.29 is 33.2 Å². The number of nitrogens with one attached hydrogen (secondary N) is 1. The zero-order valence-corrected chi connectivity index (χ0v) is 23.2. The van der Waals surface area contributed by atoms with Crippen molar-refractivity contribution in [2.24, 2.45) is 7.05 Å². The van der Waals surface area contributed by atoms with Gasteiger partial charge in [-0.1, -0.05) is 35.9 Å². The molecule has 0 radical (unpaired) electrons. The molecule has 1 heterocycles. The Hall–Kier alpha value is -3.01. The molecule has 10 nitrogen and oxygen atoms in total. The van der Waals surface area contributed by atoms with Crippen LogP contribution in [0.25, 0.3) is 11.3 Å². The number of phosphoric ester groups is 1. The number of carbonyl (C=O) groups is 2. The van der Waals surface area contributed by atoms with Gasteiger partial charge in [0.2, 0.25) is 0 Å². The summed E-state index contributed by atoms with van der Waals surface area (Å²) in [5.41, 5.74) is 2.67. The van der Waals surface area contributed by atoms with Gasteiger partial charge in [0.05, 0.1) is 23.4 Å². The summed E-state index contributed by atoms with van der Waals surface area (Å²) < 4.78 is 23.0. The summed E-state index contributed by atoms with van der Waals surface area (Å²) in [7, 11) is -2.89. The number of hydrogen-bond donors (Lipinski definition) is 3. The Morgan fingerprint density at radius 1 is 1.16 bits per heavy atom. The molecular weight excluding hydrogens is 533 g/mol. The molecule has 1 amide bonds. The van der Waals surface area contributed by atoms with E-state index in [1.807, 2.05) is 38.1 Å². The van der Waals surface area contributed by atoms with Gasteiger partial charge in [0.1, 0.15) is 5.75 Å². The molecule has 0 bridgehead atoms. The molecule has 3 N–H and O–H groups in total. The third kappa shape index (κ3) is 8.51. The van der Waals surface area contributed by atoms with Gasteiger partial charge in [0.25, 0.3) is 5.91 Å². The number of benzene rings is 2. The van der Waals surface area contributed by atoms with Crippen molar-refractivity contribution in [3.63, 3.8) is 0 Å². The third-order valence-electron chi connectivity index (χ3n) is 5.54. The highest BCUT2D eigenvalue weighted by Gasteiger charge is 2.20. The van der Waals surface area contributed by atoms with Crippen molar-refractivity contribution in [3.05, 3.63) is 70.6 Å². The SMILES string of the molecule is CC(=O)c1nc(-c2ccc(CC(CCOP(=O)(O)O)NC(=O)c3ccc(OC(C)C)c(Cl)c3)cc2)cn1C. The fraction of sp³-hybridized carbons (Fsp3) is 0.346. The van der Waals surface area contributed by atoms with Gasteiger partial charge < -0.3 is 24.4 Å². The van der Waals surface area contributed by atoms with Gasteiger partial charge in [0, 0.05) is 37.3 Å². The van der Waals surface area contributed by atoms with Crippen molar-refractivity contribution in [3.8, 4) is 17.0 Å². The number of hydrogen-bond acceptors (Lipinski definition) is 6. The zero-order valence-electron chi connectivity index (χ0n) is 21.6. The fourth-order valence-corrected chi connectivity index (χ4v) is 4.40. The number of aryl methyl sites for hydroxylation is 1. The Balaban J connectivity index is 1.75. The lowest BCUT2D eigenvalue weighted by Crippen LogP contribution is -2.37. The first kappa shape index (κ1) is 29.5. The Kier molecular flexibility index (Phi) is 9.87. The van der Waals surface area contributed by atoms with Crippen LogP contribution in [0, 0.1) is 0 Å². The number of ether oxygens (including phenoxy) is 1. The summed E-state index contributed by atoms with van der Waals surface area (Å²) in [6, 6.07) is 11.7. The predicted octanol–water partition coefficient (Wildman–Crippen LogP) is 4.57. The molecule has 0 spiro atoms. The number of aromatic nitrogens is 2. The van der Waals surface area contributed by atoms with Crippen LogP contribution in [0.3, 0.4) is 0 Å². The van der Waals surface area contributed by atoms with E-state index in [1.165, 1.54) is 13.0 Å². The number of halogens is 1. The minimum atomic E-state index is -4.65. The molecule has 12 heteroatoms. The largest absolute Gasteiger partial charge is 0.489 e. The average molecular weight is 564 g/mol. The normalized spacial score (nSPS) is 12.4. The molecule has 3 aromatic rings. The minimum Gasteiger partial charge on any atom is -0.489 e. The highest BCUT2D eigenvalue weighted by molar-refractivity contribution is 7.46. The molecule has 0 fully saturated rings. The number of phosphoric acid groups is 1. The van der Waals surface area contributed by atoms with E-state index in [2.05, 4.69) is 14.8 Å². The number of amides is 1. The Morgan fingerprint density at radius 2 is 1.84 bits per heavy atom. The molecule has 2 aromatic carbocycles. The summed E-state index contributed by atoms with van der Waals surface area (Å²) in [6.45, 7) is 4.94. The van der Waals surface area contributed by atoms with E-state index in [4.69, 9.17) is 26.1 Å². The standard InChI is InChI=1S/C26H31ClN3O7P/c1-16(2)37-24-10-9-20(14-22(24)27)26(32)28-21(11-12-36-38(33,34)35)13-18-5-7-19(8-6-18)23-15-30(4)25(29-23)17(3)31/h5-10,14-16,21H,11-13H2,1-4H3,(H,28,32)(H2,33,34,35). The van der Waals surface area contributed by atoms with Gasteiger partial charge in [-0.25, -0.2) is 9.55 Å². The van der Waals surface area contributed by atoms with E-state index in [0.29, 0.717) is 34.3 Å². The van der Waals surface area contributed by atoms with Crippen molar-refractivity contribution in [2.75, 3.05) is 6.61 Å². The van der Waals surface area contributed by atoms with Gasteiger partial charge in [-0.2, -0.15) is 0 Å². The lowest BCUT2D eigenvalue weighted by Gasteiger charge is -2.20. The van der Waals surface area contributed by atoms with E-state index in [9.17, 15) is 14.2 Å². The number of carbonyl (C=O) groups excluding carboxylic acids is 2. The van der Waals surface area contributed by atoms with Crippen molar-refractivity contribution in [1.29, 1.82) is 0 Å². The molecule has 1 unspecified atom stereocenters. The lowest BCUT2D eigenvalue weighted by molar-refractivity contribution is 0.0928. The fourth-order valence-electron chi connectivity index (χ4n) is 3.83. The smallest absolute Gasteiger partial charge is 0.469 e. The average Bonchev–Trinajstić information content (AvgIpc) is 3.21. The maximum Gasteiger partial charge on any atom is 0.469 e. The number of nitrogens with zero attached hydrogens (tertiary/aromatic N) is 2. The number of ketones is 1.